The second kappa shape index (κ2) is 11.2. The normalized spacial score (nSPS) is 23.9. The van der Waals surface area contributed by atoms with Gasteiger partial charge in [0.1, 0.15) is 23.9 Å². The summed E-state index contributed by atoms with van der Waals surface area (Å²) in [5, 5.41) is 12.8. The molecule has 3 atom stereocenters. The summed E-state index contributed by atoms with van der Waals surface area (Å²) in [6.07, 6.45) is -7.25. The Morgan fingerprint density at radius 1 is 1.08 bits per heavy atom. The molecule has 3 aliphatic rings. The summed E-state index contributed by atoms with van der Waals surface area (Å²) < 4.78 is 57.9. The summed E-state index contributed by atoms with van der Waals surface area (Å²) >= 11 is 0. The van der Waals surface area contributed by atoms with Gasteiger partial charge in [-0.3, -0.25) is 0 Å². The van der Waals surface area contributed by atoms with Crippen molar-refractivity contribution in [2.24, 2.45) is 5.92 Å². The SMILES string of the molecule is Cc1ccc(NC(=O)N2CCC(CC(F)(F)F)C2)cc1-c1cc(N2CCOCC2)nc(N2C[C@H](O)[C@@H](F)C2)c1. The number of β-amino-alcohol motifs (C(OH)–C–C–N with tert-alkyl or cyclic N) is 1. The number of nitrogens with one attached hydrogen (secondary N) is 1. The highest BCUT2D eigenvalue weighted by Gasteiger charge is 2.36. The minimum absolute atomic E-state index is 0.0421. The van der Waals surface area contributed by atoms with Crippen molar-refractivity contribution < 1.29 is 32.2 Å². The summed E-state index contributed by atoms with van der Waals surface area (Å²) in [6, 6.07) is 8.83. The van der Waals surface area contributed by atoms with E-state index in [0.717, 1.165) is 16.7 Å². The van der Waals surface area contributed by atoms with Crippen molar-refractivity contribution >= 4 is 23.4 Å². The number of likely N-dealkylation sites (tertiary alicyclic amines) is 1. The van der Waals surface area contributed by atoms with E-state index in [1.165, 1.54) is 4.90 Å². The maximum Gasteiger partial charge on any atom is 0.389 e. The van der Waals surface area contributed by atoms with Gasteiger partial charge in [0, 0.05) is 44.8 Å². The van der Waals surface area contributed by atoms with Gasteiger partial charge in [0.15, 0.2) is 0 Å². The number of halogens is 4. The Balaban J connectivity index is 1.39. The van der Waals surface area contributed by atoms with Gasteiger partial charge in [-0.05, 0) is 60.2 Å². The summed E-state index contributed by atoms with van der Waals surface area (Å²) in [4.78, 5) is 22.9. The Kier molecular flexibility index (Phi) is 7.86. The number of urea groups is 1. The molecule has 3 saturated heterocycles. The molecule has 2 aromatic rings. The van der Waals surface area contributed by atoms with Crippen molar-refractivity contribution in [3.63, 3.8) is 0 Å². The smallest absolute Gasteiger partial charge is 0.388 e. The number of aromatic nitrogens is 1. The van der Waals surface area contributed by atoms with Crippen LogP contribution in [0.2, 0.25) is 0 Å². The van der Waals surface area contributed by atoms with Crippen LogP contribution in [-0.4, -0.2) is 92.0 Å². The monoisotopic (exact) mass is 551 g/mol. The van der Waals surface area contributed by atoms with E-state index in [4.69, 9.17) is 9.72 Å². The maximum atomic E-state index is 14.2. The van der Waals surface area contributed by atoms with Crippen LogP contribution >= 0.6 is 0 Å². The Bertz CT molecular complexity index is 1180. The predicted octanol–water partition coefficient (Wildman–Crippen LogP) is 4.22. The zero-order valence-electron chi connectivity index (χ0n) is 21.8. The first-order valence-electron chi connectivity index (χ1n) is 13.2. The number of morpholine rings is 1. The lowest BCUT2D eigenvalue weighted by Crippen LogP contribution is -2.37. The van der Waals surface area contributed by atoms with Gasteiger partial charge < -0.3 is 29.9 Å². The number of nitrogens with zero attached hydrogens (tertiary/aromatic N) is 4. The van der Waals surface area contributed by atoms with Crippen molar-refractivity contribution in [2.45, 2.75) is 38.2 Å². The number of benzene rings is 1. The number of aliphatic hydroxyl groups is 1. The van der Waals surface area contributed by atoms with Crippen LogP contribution in [-0.2, 0) is 4.74 Å². The fourth-order valence-electron chi connectivity index (χ4n) is 5.43. The molecule has 39 heavy (non-hydrogen) atoms. The molecule has 0 spiro atoms. The molecular formula is C27H33F4N5O3. The zero-order valence-corrected chi connectivity index (χ0v) is 21.8. The molecule has 0 bridgehead atoms. The first-order chi connectivity index (χ1) is 18.6. The van der Waals surface area contributed by atoms with Crippen LogP contribution in [0.1, 0.15) is 18.4 Å². The van der Waals surface area contributed by atoms with Gasteiger partial charge in [0.05, 0.1) is 19.8 Å². The molecule has 2 amide bonds. The lowest BCUT2D eigenvalue weighted by Gasteiger charge is -2.29. The van der Waals surface area contributed by atoms with Crippen LogP contribution in [0.4, 0.5) is 39.7 Å². The summed E-state index contributed by atoms with van der Waals surface area (Å²) in [5.41, 5.74) is 3.11. The molecule has 8 nitrogen and oxygen atoms in total. The highest BCUT2D eigenvalue weighted by molar-refractivity contribution is 5.91. The molecule has 212 valence electrons. The molecular weight excluding hydrogens is 518 g/mol. The standard InChI is InChI=1S/C27H33F4N5O3/c1-17-2-3-20(32-26(38)35-5-4-18(14-35)13-27(29,30)31)12-21(17)19-10-24(34-6-8-39-9-7-34)33-25(11-19)36-15-22(28)23(37)16-36/h2-3,10-12,18,22-23,37H,4-9,13-16H2,1H3,(H,32,38)/t18?,22-,23-/m0/s1. The maximum absolute atomic E-state index is 14.2. The number of pyridine rings is 1. The van der Waals surface area contributed by atoms with Gasteiger partial charge >= 0.3 is 12.2 Å². The van der Waals surface area contributed by atoms with E-state index in [0.29, 0.717) is 50.0 Å². The highest BCUT2D eigenvalue weighted by Crippen LogP contribution is 2.34. The van der Waals surface area contributed by atoms with Crippen LogP contribution in [0, 0.1) is 12.8 Å². The molecule has 4 heterocycles. The van der Waals surface area contributed by atoms with E-state index in [1.807, 2.05) is 31.2 Å². The number of carbonyl (C=O) groups excluding carboxylic acids is 1. The van der Waals surface area contributed by atoms with E-state index >= 15 is 0 Å². The summed E-state index contributed by atoms with van der Waals surface area (Å²) in [5.74, 6) is 0.671. The molecule has 3 fully saturated rings. The van der Waals surface area contributed by atoms with Crippen molar-refractivity contribution in [2.75, 3.05) is 67.6 Å². The van der Waals surface area contributed by atoms with Crippen LogP contribution in [0.3, 0.4) is 0 Å². The minimum Gasteiger partial charge on any atom is -0.388 e. The topological polar surface area (TPSA) is 81.2 Å². The van der Waals surface area contributed by atoms with E-state index in [1.54, 1.807) is 11.0 Å². The Morgan fingerprint density at radius 2 is 1.79 bits per heavy atom. The minimum atomic E-state index is -4.25. The van der Waals surface area contributed by atoms with Crippen molar-refractivity contribution in [1.82, 2.24) is 9.88 Å². The number of aliphatic hydroxyl groups excluding tert-OH is 1. The largest absolute Gasteiger partial charge is 0.389 e. The lowest BCUT2D eigenvalue weighted by atomic mass is 10.00. The number of anilines is 3. The van der Waals surface area contributed by atoms with Crippen LogP contribution in [0.5, 0.6) is 0 Å². The fourth-order valence-corrected chi connectivity index (χ4v) is 5.43. The first-order valence-corrected chi connectivity index (χ1v) is 13.2. The van der Waals surface area contributed by atoms with E-state index < -0.39 is 36.8 Å². The van der Waals surface area contributed by atoms with Crippen molar-refractivity contribution in [1.29, 1.82) is 0 Å². The number of hydrogen-bond acceptors (Lipinski definition) is 6. The third kappa shape index (κ3) is 6.55. The lowest BCUT2D eigenvalue weighted by molar-refractivity contribution is -0.143. The summed E-state index contributed by atoms with van der Waals surface area (Å²) in [6.45, 7) is 4.91. The molecule has 12 heteroatoms. The quantitative estimate of drug-likeness (QED) is 0.542. The van der Waals surface area contributed by atoms with Crippen molar-refractivity contribution in [3.8, 4) is 11.1 Å². The molecule has 1 unspecified atom stereocenters. The van der Waals surface area contributed by atoms with Gasteiger partial charge in [-0.15, -0.1) is 0 Å². The van der Waals surface area contributed by atoms with E-state index in [-0.39, 0.29) is 26.2 Å². The number of ether oxygens (including phenoxy) is 1. The summed E-state index contributed by atoms with van der Waals surface area (Å²) in [7, 11) is 0. The Morgan fingerprint density at radius 3 is 2.46 bits per heavy atom. The second-order valence-electron chi connectivity index (χ2n) is 10.5. The molecule has 3 aliphatic heterocycles. The van der Waals surface area contributed by atoms with Crippen LogP contribution in [0.15, 0.2) is 30.3 Å². The third-order valence-corrected chi connectivity index (χ3v) is 7.57. The van der Waals surface area contributed by atoms with Crippen molar-refractivity contribution in [3.05, 3.63) is 35.9 Å². The molecule has 0 aliphatic carbocycles. The van der Waals surface area contributed by atoms with Gasteiger partial charge in [-0.2, -0.15) is 13.2 Å². The van der Waals surface area contributed by atoms with E-state index in [9.17, 15) is 27.5 Å². The number of hydrogen-bond donors (Lipinski definition) is 2. The number of carbonyl (C=O) groups is 1. The molecule has 0 radical (unpaired) electrons. The molecule has 1 aromatic carbocycles. The average molecular weight is 552 g/mol. The third-order valence-electron chi connectivity index (χ3n) is 7.57. The Labute approximate surface area is 224 Å². The average Bonchev–Trinajstić information content (AvgIpc) is 3.50. The molecule has 1 aromatic heterocycles. The first kappa shape index (κ1) is 27.4. The predicted molar refractivity (Wildman–Crippen MR) is 140 cm³/mol. The number of alkyl halides is 4. The second-order valence-corrected chi connectivity index (χ2v) is 10.5. The van der Waals surface area contributed by atoms with Crippen LogP contribution in [0.25, 0.3) is 11.1 Å². The van der Waals surface area contributed by atoms with Crippen LogP contribution < -0.4 is 15.1 Å². The Hall–Kier alpha value is -3.12. The van der Waals surface area contributed by atoms with E-state index in [2.05, 4.69) is 10.2 Å². The molecule has 5 rings (SSSR count). The zero-order chi connectivity index (χ0) is 27.7. The fraction of sp³-hybridized carbons (Fsp3) is 0.556. The molecule has 2 N–H and O–H groups in total. The van der Waals surface area contributed by atoms with Gasteiger partial charge in [-0.25, -0.2) is 14.2 Å². The van der Waals surface area contributed by atoms with Gasteiger partial charge in [0.25, 0.3) is 0 Å². The van der Waals surface area contributed by atoms with Gasteiger partial charge in [-0.1, -0.05) is 6.07 Å². The van der Waals surface area contributed by atoms with Gasteiger partial charge in [0.2, 0.25) is 0 Å². The number of aryl methyl sites for hydroxylation is 1. The molecule has 0 saturated carbocycles. The highest BCUT2D eigenvalue weighted by atomic mass is 19.4. The number of amides is 2. The number of rotatable bonds is 5.